The number of furan rings is 1. The predicted molar refractivity (Wildman–Crippen MR) is 93.5 cm³/mol. The first-order valence-electron chi connectivity index (χ1n) is 8.54. The lowest BCUT2D eigenvalue weighted by atomic mass is 10.2. The Kier molecular flexibility index (Phi) is 6.46. The van der Waals surface area contributed by atoms with Crippen molar-refractivity contribution in [3.05, 3.63) is 23.7 Å². The SMILES string of the molecule is Cc1ccc(C(CNC(=O)CS(=O)(=O)CC(C)C)N2CCCC2)o1. The monoisotopic (exact) mass is 356 g/mol. The molecule has 1 N–H and O–H groups in total. The number of carbonyl (C=O) groups is 1. The molecule has 1 aromatic rings. The maximum absolute atomic E-state index is 12.1. The van der Waals surface area contributed by atoms with Crippen molar-refractivity contribution in [2.24, 2.45) is 5.92 Å². The Morgan fingerprint density at radius 3 is 2.50 bits per heavy atom. The number of hydrogen-bond acceptors (Lipinski definition) is 5. The lowest BCUT2D eigenvalue weighted by molar-refractivity contribution is -0.118. The highest BCUT2D eigenvalue weighted by molar-refractivity contribution is 7.92. The predicted octanol–water partition coefficient (Wildman–Crippen LogP) is 1.91. The van der Waals surface area contributed by atoms with Gasteiger partial charge in [0.2, 0.25) is 5.91 Å². The number of aryl methyl sites for hydroxylation is 1. The van der Waals surface area contributed by atoms with Gasteiger partial charge in [0.15, 0.2) is 9.84 Å². The van der Waals surface area contributed by atoms with E-state index in [1.54, 1.807) is 0 Å². The van der Waals surface area contributed by atoms with Crippen molar-refractivity contribution in [2.75, 3.05) is 31.1 Å². The molecule has 1 unspecified atom stereocenters. The third-order valence-corrected chi connectivity index (χ3v) is 5.98. The molecule has 136 valence electrons. The number of nitrogens with zero attached hydrogens (tertiary/aromatic N) is 1. The minimum Gasteiger partial charge on any atom is -0.465 e. The zero-order valence-electron chi connectivity index (χ0n) is 14.7. The topological polar surface area (TPSA) is 79.6 Å². The largest absolute Gasteiger partial charge is 0.465 e. The van der Waals surface area contributed by atoms with Crippen LogP contribution in [-0.2, 0) is 14.6 Å². The zero-order valence-corrected chi connectivity index (χ0v) is 15.6. The Morgan fingerprint density at radius 2 is 1.96 bits per heavy atom. The highest BCUT2D eigenvalue weighted by Crippen LogP contribution is 2.26. The maximum Gasteiger partial charge on any atom is 0.235 e. The van der Waals surface area contributed by atoms with Gasteiger partial charge >= 0.3 is 0 Å². The summed E-state index contributed by atoms with van der Waals surface area (Å²) in [6.45, 7) is 7.85. The smallest absolute Gasteiger partial charge is 0.235 e. The minimum absolute atomic E-state index is 0.0197. The van der Waals surface area contributed by atoms with Crippen molar-refractivity contribution in [2.45, 2.75) is 39.7 Å². The van der Waals surface area contributed by atoms with Crippen LogP contribution in [-0.4, -0.2) is 50.4 Å². The molecule has 1 aliphatic rings. The first-order chi connectivity index (χ1) is 11.3. The molecular formula is C17H28N2O4S. The van der Waals surface area contributed by atoms with Crippen LogP contribution in [0.15, 0.2) is 16.5 Å². The van der Waals surface area contributed by atoms with Crippen molar-refractivity contribution >= 4 is 15.7 Å². The average Bonchev–Trinajstić information content (AvgIpc) is 3.09. The quantitative estimate of drug-likeness (QED) is 0.770. The summed E-state index contributed by atoms with van der Waals surface area (Å²) in [6, 6.07) is 3.80. The molecule has 1 fully saturated rings. The van der Waals surface area contributed by atoms with Crippen LogP contribution in [0.3, 0.4) is 0 Å². The third-order valence-electron chi connectivity index (χ3n) is 4.10. The van der Waals surface area contributed by atoms with Gasteiger partial charge in [0.25, 0.3) is 0 Å². The molecule has 2 rings (SSSR count). The van der Waals surface area contributed by atoms with Crippen molar-refractivity contribution < 1.29 is 17.6 Å². The van der Waals surface area contributed by atoms with E-state index in [4.69, 9.17) is 4.42 Å². The lowest BCUT2D eigenvalue weighted by Gasteiger charge is -2.26. The summed E-state index contributed by atoms with van der Waals surface area (Å²) in [5.74, 6) is 0.816. The lowest BCUT2D eigenvalue weighted by Crippen LogP contribution is -2.39. The van der Waals surface area contributed by atoms with Crippen molar-refractivity contribution in [1.29, 1.82) is 0 Å². The molecular weight excluding hydrogens is 328 g/mol. The van der Waals surface area contributed by atoms with Gasteiger partial charge < -0.3 is 9.73 Å². The van der Waals surface area contributed by atoms with Crippen molar-refractivity contribution in [1.82, 2.24) is 10.2 Å². The average molecular weight is 356 g/mol. The Hall–Kier alpha value is -1.34. The maximum atomic E-state index is 12.1. The number of sulfone groups is 1. The van der Waals surface area contributed by atoms with Crippen LogP contribution in [0, 0.1) is 12.8 Å². The van der Waals surface area contributed by atoms with E-state index in [1.165, 1.54) is 0 Å². The number of amides is 1. The molecule has 0 spiro atoms. The Labute approximate surface area is 144 Å². The minimum atomic E-state index is -3.36. The van der Waals surface area contributed by atoms with Gasteiger partial charge in [-0.25, -0.2) is 8.42 Å². The second-order valence-electron chi connectivity index (χ2n) is 6.96. The molecule has 0 aliphatic carbocycles. The Morgan fingerprint density at radius 1 is 1.29 bits per heavy atom. The standard InChI is InChI=1S/C17H28N2O4S/c1-13(2)11-24(21,22)12-17(20)18-10-15(19-8-4-5-9-19)16-7-6-14(3)23-16/h6-7,13,15H,4-5,8-12H2,1-3H3,(H,18,20). The highest BCUT2D eigenvalue weighted by atomic mass is 32.2. The number of hydrogen-bond donors (Lipinski definition) is 1. The first-order valence-corrected chi connectivity index (χ1v) is 10.4. The number of nitrogens with one attached hydrogen (secondary N) is 1. The van der Waals surface area contributed by atoms with E-state index in [0.717, 1.165) is 37.5 Å². The summed E-state index contributed by atoms with van der Waals surface area (Å²) in [7, 11) is -3.36. The molecule has 24 heavy (non-hydrogen) atoms. The van der Waals surface area contributed by atoms with Gasteiger partial charge in [-0.3, -0.25) is 9.69 Å². The van der Waals surface area contributed by atoms with Crippen LogP contribution < -0.4 is 5.32 Å². The Bertz CT molecular complexity index is 645. The normalized spacial score (nSPS) is 17.3. The number of carbonyl (C=O) groups excluding carboxylic acids is 1. The highest BCUT2D eigenvalue weighted by Gasteiger charge is 2.27. The van der Waals surface area contributed by atoms with E-state index in [-0.39, 0.29) is 17.7 Å². The van der Waals surface area contributed by atoms with Crippen LogP contribution in [0.25, 0.3) is 0 Å². The van der Waals surface area contributed by atoms with Gasteiger partial charge in [0.1, 0.15) is 17.3 Å². The second-order valence-corrected chi connectivity index (χ2v) is 9.07. The molecule has 0 aromatic carbocycles. The molecule has 1 aromatic heterocycles. The summed E-state index contributed by atoms with van der Waals surface area (Å²) >= 11 is 0. The summed E-state index contributed by atoms with van der Waals surface area (Å²) in [5, 5.41) is 2.78. The van der Waals surface area contributed by atoms with Gasteiger partial charge in [-0.2, -0.15) is 0 Å². The molecule has 0 radical (unpaired) electrons. The summed E-state index contributed by atoms with van der Waals surface area (Å²) < 4.78 is 29.6. The molecule has 2 heterocycles. The van der Waals surface area contributed by atoms with Gasteiger partial charge in [-0.1, -0.05) is 13.8 Å². The zero-order chi connectivity index (χ0) is 17.7. The Balaban J connectivity index is 1.96. The van der Waals surface area contributed by atoms with Crippen molar-refractivity contribution in [3.8, 4) is 0 Å². The molecule has 0 bridgehead atoms. The van der Waals surface area contributed by atoms with Crippen LogP contribution in [0.1, 0.15) is 44.3 Å². The van der Waals surface area contributed by atoms with Crippen LogP contribution >= 0.6 is 0 Å². The fraction of sp³-hybridized carbons (Fsp3) is 0.706. The van der Waals surface area contributed by atoms with E-state index in [9.17, 15) is 13.2 Å². The fourth-order valence-corrected chi connectivity index (χ4v) is 4.76. The van der Waals surface area contributed by atoms with E-state index in [0.29, 0.717) is 6.54 Å². The number of likely N-dealkylation sites (tertiary alicyclic amines) is 1. The van der Waals surface area contributed by atoms with E-state index in [2.05, 4.69) is 10.2 Å². The molecule has 6 nitrogen and oxygen atoms in total. The number of rotatable bonds is 8. The van der Waals surface area contributed by atoms with Gasteiger partial charge in [0, 0.05) is 6.54 Å². The molecule has 0 saturated carbocycles. The first kappa shape index (κ1) is 19.0. The van der Waals surface area contributed by atoms with Gasteiger partial charge in [0.05, 0.1) is 11.8 Å². The second kappa shape index (κ2) is 8.16. The summed E-state index contributed by atoms with van der Waals surface area (Å²) in [6.07, 6.45) is 2.26. The van der Waals surface area contributed by atoms with E-state index < -0.39 is 21.5 Å². The fourth-order valence-electron chi connectivity index (χ4n) is 3.12. The van der Waals surface area contributed by atoms with Gasteiger partial charge in [-0.15, -0.1) is 0 Å². The summed E-state index contributed by atoms with van der Waals surface area (Å²) in [4.78, 5) is 14.3. The molecule has 1 amide bonds. The van der Waals surface area contributed by atoms with Crippen LogP contribution in [0.2, 0.25) is 0 Å². The van der Waals surface area contributed by atoms with E-state index in [1.807, 2.05) is 32.9 Å². The van der Waals surface area contributed by atoms with E-state index >= 15 is 0 Å². The summed E-state index contributed by atoms with van der Waals surface area (Å²) in [5.41, 5.74) is 0. The molecule has 1 aliphatic heterocycles. The van der Waals surface area contributed by atoms with Crippen molar-refractivity contribution in [3.63, 3.8) is 0 Å². The third kappa shape index (κ3) is 5.63. The molecule has 1 atom stereocenters. The van der Waals surface area contributed by atoms with Crippen LogP contribution in [0.4, 0.5) is 0 Å². The van der Waals surface area contributed by atoms with Gasteiger partial charge in [-0.05, 0) is 50.9 Å². The molecule has 7 heteroatoms. The van der Waals surface area contributed by atoms with Crippen LogP contribution in [0.5, 0.6) is 0 Å². The molecule has 1 saturated heterocycles.